The van der Waals surface area contributed by atoms with Gasteiger partial charge in [-0.2, -0.15) is 0 Å². The van der Waals surface area contributed by atoms with E-state index < -0.39 is 36.5 Å². The van der Waals surface area contributed by atoms with E-state index in [0.29, 0.717) is 23.4 Å². The van der Waals surface area contributed by atoms with E-state index >= 15 is 0 Å². The lowest BCUT2D eigenvalue weighted by atomic mass is 10.0. The van der Waals surface area contributed by atoms with E-state index in [1.54, 1.807) is 10.9 Å². The number of nitrogens with zero attached hydrogens (tertiary/aromatic N) is 4. The topological polar surface area (TPSA) is 117 Å². The van der Waals surface area contributed by atoms with Gasteiger partial charge in [0.2, 0.25) is 0 Å². The highest BCUT2D eigenvalue weighted by Gasteiger charge is 2.49. The zero-order chi connectivity index (χ0) is 24.2. The molecule has 0 amide bonds. The number of benzene rings is 1. The first-order valence-corrected chi connectivity index (χ1v) is 11.4. The van der Waals surface area contributed by atoms with Gasteiger partial charge in [0.15, 0.2) is 35.4 Å². The van der Waals surface area contributed by atoms with Gasteiger partial charge >= 0.3 is 11.9 Å². The van der Waals surface area contributed by atoms with Crippen molar-refractivity contribution in [3.8, 4) is 0 Å². The molecule has 1 aromatic carbocycles. The summed E-state index contributed by atoms with van der Waals surface area (Å²) in [5.74, 6) is -0.381. The van der Waals surface area contributed by atoms with E-state index in [1.165, 1.54) is 20.2 Å². The van der Waals surface area contributed by atoms with E-state index in [0.717, 1.165) is 12.0 Å². The fraction of sp³-hybridized carbons (Fsp3) is 0.458. The average molecular weight is 468 g/mol. The number of hydrogen-bond donors (Lipinski definition) is 1. The molecular formula is C24H29N5O5. The Balaban J connectivity index is 1.69. The van der Waals surface area contributed by atoms with Crippen LogP contribution in [0.4, 0.5) is 5.82 Å². The smallest absolute Gasteiger partial charge is 0.303 e. The normalized spacial score (nSPS) is 22.9. The predicted molar refractivity (Wildman–Crippen MR) is 124 cm³/mol. The number of fused-ring (bicyclic) bond motifs is 1. The first kappa shape index (κ1) is 23.6. The highest BCUT2D eigenvalue weighted by atomic mass is 16.6. The molecule has 34 heavy (non-hydrogen) atoms. The van der Waals surface area contributed by atoms with Crippen LogP contribution in [0.2, 0.25) is 0 Å². The lowest BCUT2D eigenvalue weighted by Crippen LogP contribution is -2.38. The molecule has 0 aliphatic carbocycles. The number of hydrogen-bond acceptors (Lipinski definition) is 9. The Morgan fingerprint density at radius 3 is 2.41 bits per heavy atom. The lowest BCUT2D eigenvalue weighted by Gasteiger charge is -2.23. The summed E-state index contributed by atoms with van der Waals surface area (Å²) in [6.45, 7) is 6.64. The third-order valence-electron chi connectivity index (χ3n) is 5.85. The minimum atomic E-state index is -0.845. The molecule has 1 fully saturated rings. The summed E-state index contributed by atoms with van der Waals surface area (Å²) in [7, 11) is 0. The number of carbonyl (C=O) groups excluding carboxylic acids is 2. The number of carbonyl (C=O) groups is 2. The monoisotopic (exact) mass is 467 g/mol. The van der Waals surface area contributed by atoms with Crippen molar-refractivity contribution in [1.82, 2.24) is 19.5 Å². The molecule has 1 N–H and O–H groups in total. The van der Waals surface area contributed by atoms with Crippen LogP contribution in [-0.2, 0) is 23.8 Å². The largest absolute Gasteiger partial charge is 0.456 e. The summed E-state index contributed by atoms with van der Waals surface area (Å²) in [6, 6.07) is 10.1. The summed E-state index contributed by atoms with van der Waals surface area (Å²) in [6.07, 6.45) is 1.66. The second-order valence-corrected chi connectivity index (χ2v) is 8.18. The maximum Gasteiger partial charge on any atom is 0.303 e. The predicted octanol–water partition coefficient (Wildman–Crippen LogP) is 3.56. The minimum absolute atomic E-state index is 0.0406. The second kappa shape index (κ2) is 10.2. The fourth-order valence-corrected chi connectivity index (χ4v) is 4.33. The van der Waals surface area contributed by atoms with Gasteiger partial charge in [-0.25, -0.2) is 15.0 Å². The Morgan fingerprint density at radius 2 is 1.76 bits per heavy atom. The molecule has 0 saturated carbocycles. The fourth-order valence-electron chi connectivity index (χ4n) is 4.33. The van der Waals surface area contributed by atoms with Crippen LogP contribution >= 0.6 is 0 Å². The highest BCUT2D eigenvalue weighted by Crippen LogP contribution is 2.37. The Labute approximate surface area is 197 Å². The molecule has 1 aliphatic rings. The van der Waals surface area contributed by atoms with Crippen LogP contribution in [0.25, 0.3) is 11.2 Å². The van der Waals surface area contributed by atoms with Crippen molar-refractivity contribution in [3.05, 3.63) is 48.5 Å². The summed E-state index contributed by atoms with van der Waals surface area (Å²) in [4.78, 5) is 37.0. The standard InChI is InChI=1S/C24H29N5O5/c1-5-17(16-10-8-7-9-11-16)28-22-19-23(26-12-25-22)29(13-27-19)24-21(33-15(4)31)20(32-14(3)30)18(6-2)34-24/h7-13,17-18,20-21,24H,5-6H2,1-4H3,(H,25,26,28)/t17-,18+,20?,21-,24+/m0/s1. The maximum atomic E-state index is 11.9. The van der Waals surface area contributed by atoms with Crippen LogP contribution < -0.4 is 5.32 Å². The molecule has 5 atom stereocenters. The summed E-state index contributed by atoms with van der Waals surface area (Å²) >= 11 is 0. The van der Waals surface area contributed by atoms with Crippen molar-refractivity contribution in [2.45, 2.75) is 71.1 Å². The van der Waals surface area contributed by atoms with Crippen LogP contribution in [0.3, 0.4) is 0 Å². The molecular weight excluding hydrogens is 438 g/mol. The zero-order valence-electron chi connectivity index (χ0n) is 19.7. The zero-order valence-corrected chi connectivity index (χ0v) is 19.7. The van der Waals surface area contributed by atoms with Crippen LogP contribution in [0.1, 0.15) is 58.4 Å². The molecule has 10 nitrogen and oxygen atoms in total. The molecule has 0 bridgehead atoms. The quantitative estimate of drug-likeness (QED) is 0.496. The van der Waals surface area contributed by atoms with Crippen molar-refractivity contribution in [2.75, 3.05) is 5.32 Å². The molecule has 3 heterocycles. The van der Waals surface area contributed by atoms with Crippen LogP contribution in [0.15, 0.2) is 43.0 Å². The molecule has 3 aromatic rings. The van der Waals surface area contributed by atoms with Crippen molar-refractivity contribution < 1.29 is 23.8 Å². The first-order chi connectivity index (χ1) is 16.4. The van der Waals surface area contributed by atoms with Crippen LogP contribution in [-0.4, -0.2) is 49.8 Å². The number of nitrogens with one attached hydrogen (secondary N) is 1. The SMILES string of the molecule is CC[C@H](Nc1ncnc2c1ncn2[C@@H]1O[C@H](CC)C(OC(C)=O)[C@@H]1OC(C)=O)c1ccccc1. The van der Waals surface area contributed by atoms with E-state index in [2.05, 4.69) is 39.3 Å². The molecule has 1 saturated heterocycles. The minimum Gasteiger partial charge on any atom is -0.456 e. The van der Waals surface area contributed by atoms with Gasteiger partial charge in [-0.1, -0.05) is 44.2 Å². The van der Waals surface area contributed by atoms with Gasteiger partial charge < -0.3 is 19.5 Å². The van der Waals surface area contributed by atoms with E-state index in [9.17, 15) is 9.59 Å². The summed E-state index contributed by atoms with van der Waals surface area (Å²) < 4.78 is 18.9. The maximum absolute atomic E-state index is 11.9. The van der Waals surface area contributed by atoms with E-state index in [4.69, 9.17) is 14.2 Å². The first-order valence-electron chi connectivity index (χ1n) is 11.4. The molecule has 0 spiro atoms. The van der Waals surface area contributed by atoms with Gasteiger partial charge in [-0.05, 0) is 18.4 Å². The van der Waals surface area contributed by atoms with Crippen molar-refractivity contribution in [1.29, 1.82) is 0 Å². The number of imidazole rings is 1. The molecule has 1 aliphatic heterocycles. The number of esters is 2. The van der Waals surface area contributed by atoms with Crippen molar-refractivity contribution >= 4 is 28.9 Å². The van der Waals surface area contributed by atoms with E-state index in [-0.39, 0.29) is 6.04 Å². The Hall–Kier alpha value is -3.53. The third kappa shape index (κ3) is 4.72. The molecule has 4 rings (SSSR count). The summed E-state index contributed by atoms with van der Waals surface area (Å²) in [5.41, 5.74) is 2.21. The highest BCUT2D eigenvalue weighted by molar-refractivity contribution is 5.83. The van der Waals surface area contributed by atoms with Crippen molar-refractivity contribution in [2.24, 2.45) is 0 Å². The average Bonchev–Trinajstić information content (AvgIpc) is 3.39. The molecule has 10 heteroatoms. The Bertz CT molecular complexity index is 1150. The number of ether oxygens (including phenoxy) is 3. The van der Waals surface area contributed by atoms with Gasteiger partial charge in [0.05, 0.1) is 12.4 Å². The number of anilines is 1. The lowest BCUT2D eigenvalue weighted by molar-refractivity contribution is -0.165. The molecule has 0 radical (unpaired) electrons. The van der Waals surface area contributed by atoms with Crippen LogP contribution in [0, 0.1) is 0 Å². The molecule has 2 aromatic heterocycles. The van der Waals surface area contributed by atoms with Gasteiger partial charge in [0.25, 0.3) is 0 Å². The van der Waals surface area contributed by atoms with Crippen molar-refractivity contribution in [3.63, 3.8) is 0 Å². The van der Waals surface area contributed by atoms with E-state index in [1.807, 2.05) is 25.1 Å². The molecule has 1 unspecified atom stereocenters. The molecule has 180 valence electrons. The Morgan fingerprint density at radius 1 is 1.06 bits per heavy atom. The summed E-state index contributed by atoms with van der Waals surface area (Å²) in [5, 5.41) is 3.47. The Kier molecular flexibility index (Phi) is 7.06. The van der Waals surface area contributed by atoms with Gasteiger partial charge in [-0.15, -0.1) is 0 Å². The number of aromatic nitrogens is 4. The van der Waals surface area contributed by atoms with Gasteiger partial charge in [0.1, 0.15) is 12.4 Å². The van der Waals surface area contributed by atoms with Crippen LogP contribution in [0.5, 0.6) is 0 Å². The second-order valence-electron chi connectivity index (χ2n) is 8.18. The number of rotatable bonds is 8. The third-order valence-corrected chi connectivity index (χ3v) is 5.85. The van der Waals surface area contributed by atoms with Gasteiger partial charge in [-0.3, -0.25) is 14.2 Å². The van der Waals surface area contributed by atoms with Gasteiger partial charge in [0, 0.05) is 13.8 Å².